The van der Waals surface area contributed by atoms with Crippen molar-refractivity contribution in [1.82, 2.24) is 4.98 Å². The molecule has 0 aliphatic rings. The summed E-state index contributed by atoms with van der Waals surface area (Å²) in [4.78, 5) is 4.14. The third kappa shape index (κ3) is 4.45. The van der Waals surface area contributed by atoms with Crippen molar-refractivity contribution in [1.29, 1.82) is 0 Å². The molecule has 2 aromatic rings. The van der Waals surface area contributed by atoms with Gasteiger partial charge in [-0.05, 0) is 46.3 Å². The van der Waals surface area contributed by atoms with Gasteiger partial charge in [0.25, 0.3) is 0 Å². The Hall–Kier alpha value is -1.06. The van der Waals surface area contributed by atoms with E-state index >= 15 is 0 Å². The lowest BCUT2D eigenvalue weighted by atomic mass is 9.79. The minimum Gasteiger partial charge on any atom is -0.380 e. The van der Waals surface area contributed by atoms with Crippen molar-refractivity contribution in [3.05, 3.63) is 57.8 Å². The van der Waals surface area contributed by atoms with Crippen LogP contribution in [-0.4, -0.2) is 11.0 Å². The van der Waals surface area contributed by atoms with Crippen LogP contribution >= 0.6 is 27.5 Å². The Bertz CT molecular complexity index is 599. The van der Waals surface area contributed by atoms with Gasteiger partial charge in [0.15, 0.2) is 5.15 Å². The molecule has 2 rings (SSSR count). The second kappa shape index (κ2) is 6.80. The van der Waals surface area contributed by atoms with Gasteiger partial charge in [-0.15, -0.1) is 0 Å². The largest absolute Gasteiger partial charge is 0.380 e. The molecule has 0 aliphatic heterocycles. The number of halogens is 2. The lowest BCUT2D eigenvalue weighted by molar-refractivity contribution is 0.450. The number of rotatable bonds is 5. The number of anilines is 1. The van der Waals surface area contributed by atoms with E-state index in [-0.39, 0.29) is 11.5 Å². The first-order valence-electron chi connectivity index (χ1n) is 7.01. The highest BCUT2D eigenvalue weighted by molar-refractivity contribution is 9.10. The maximum atomic E-state index is 6.13. The van der Waals surface area contributed by atoms with Crippen LogP contribution in [0.1, 0.15) is 32.8 Å². The first-order valence-corrected chi connectivity index (χ1v) is 8.19. The quantitative estimate of drug-likeness (QED) is 0.689. The number of aromatic nitrogens is 1. The molecule has 2 nitrogen and oxygen atoms in total. The van der Waals surface area contributed by atoms with Crippen LogP contribution in [-0.2, 0) is 5.41 Å². The van der Waals surface area contributed by atoms with E-state index in [0.717, 1.165) is 16.6 Å². The number of pyridine rings is 1. The summed E-state index contributed by atoms with van der Waals surface area (Å²) < 4.78 is 0.920. The molecule has 0 saturated heterocycles. The molecule has 1 atom stereocenters. The van der Waals surface area contributed by atoms with Gasteiger partial charge in [0.1, 0.15) is 0 Å². The van der Waals surface area contributed by atoms with E-state index in [4.69, 9.17) is 11.6 Å². The van der Waals surface area contributed by atoms with Crippen LogP contribution in [0.15, 0.2) is 47.1 Å². The second-order valence-corrected chi connectivity index (χ2v) is 7.27. The summed E-state index contributed by atoms with van der Waals surface area (Å²) in [5, 5.41) is 3.95. The maximum Gasteiger partial charge on any atom is 0.152 e. The van der Waals surface area contributed by atoms with Gasteiger partial charge in [0.05, 0.1) is 5.69 Å². The molecule has 0 spiro atoms. The van der Waals surface area contributed by atoms with Gasteiger partial charge in [-0.1, -0.05) is 55.8 Å². The zero-order valence-corrected chi connectivity index (χ0v) is 14.9. The predicted molar refractivity (Wildman–Crippen MR) is 94.1 cm³/mol. The SMILES string of the molecule is CC(CC(C)(C)c1ccccc1)Nc1cc(Br)cnc1Cl. The van der Waals surface area contributed by atoms with E-state index in [1.807, 2.05) is 12.1 Å². The van der Waals surface area contributed by atoms with Gasteiger partial charge in [0.2, 0.25) is 0 Å². The smallest absolute Gasteiger partial charge is 0.152 e. The Morgan fingerprint density at radius 3 is 2.62 bits per heavy atom. The Morgan fingerprint density at radius 1 is 1.29 bits per heavy atom. The fourth-order valence-electron chi connectivity index (χ4n) is 2.61. The van der Waals surface area contributed by atoms with Crippen LogP contribution in [0.25, 0.3) is 0 Å². The summed E-state index contributed by atoms with van der Waals surface area (Å²) in [5.74, 6) is 0. The summed E-state index contributed by atoms with van der Waals surface area (Å²) >= 11 is 9.56. The average molecular weight is 368 g/mol. The second-order valence-electron chi connectivity index (χ2n) is 5.99. The third-order valence-electron chi connectivity index (χ3n) is 3.58. The van der Waals surface area contributed by atoms with Crippen molar-refractivity contribution >= 4 is 33.2 Å². The molecule has 21 heavy (non-hydrogen) atoms. The highest BCUT2D eigenvalue weighted by atomic mass is 79.9. The first kappa shape index (κ1) is 16.3. The number of benzene rings is 1. The van der Waals surface area contributed by atoms with Crippen LogP contribution in [0.4, 0.5) is 5.69 Å². The number of hydrogen-bond donors (Lipinski definition) is 1. The Kier molecular flexibility index (Phi) is 5.28. The molecule has 0 radical (unpaired) electrons. The molecule has 1 unspecified atom stereocenters. The maximum absolute atomic E-state index is 6.13. The molecular weight excluding hydrogens is 348 g/mol. The van der Waals surface area contributed by atoms with E-state index in [1.165, 1.54) is 5.56 Å². The molecule has 1 heterocycles. The van der Waals surface area contributed by atoms with Gasteiger partial charge in [-0.3, -0.25) is 0 Å². The summed E-state index contributed by atoms with van der Waals surface area (Å²) in [6, 6.07) is 12.8. The Morgan fingerprint density at radius 2 is 1.95 bits per heavy atom. The number of nitrogens with zero attached hydrogens (tertiary/aromatic N) is 1. The van der Waals surface area contributed by atoms with Crippen molar-refractivity contribution in [2.75, 3.05) is 5.32 Å². The van der Waals surface area contributed by atoms with Crippen LogP contribution in [0.2, 0.25) is 5.15 Å². The van der Waals surface area contributed by atoms with Gasteiger partial charge >= 0.3 is 0 Å². The predicted octanol–water partition coefficient (Wildman–Crippen LogP) is 5.67. The van der Waals surface area contributed by atoms with Crippen molar-refractivity contribution in [2.24, 2.45) is 0 Å². The van der Waals surface area contributed by atoms with Crippen LogP contribution in [0.5, 0.6) is 0 Å². The zero-order chi connectivity index (χ0) is 15.5. The lowest BCUT2D eigenvalue weighted by Crippen LogP contribution is -2.28. The summed E-state index contributed by atoms with van der Waals surface area (Å²) in [5.41, 5.74) is 2.30. The number of nitrogens with one attached hydrogen (secondary N) is 1. The molecule has 0 aliphatic carbocycles. The zero-order valence-electron chi connectivity index (χ0n) is 12.5. The molecule has 112 valence electrons. The van der Waals surface area contributed by atoms with E-state index < -0.39 is 0 Å². The van der Waals surface area contributed by atoms with Crippen molar-refractivity contribution < 1.29 is 0 Å². The topological polar surface area (TPSA) is 24.9 Å². The highest BCUT2D eigenvalue weighted by Crippen LogP contribution is 2.30. The lowest BCUT2D eigenvalue weighted by Gasteiger charge is -2.29. The Labute approximate surface area is 140 Å². The normalized spacial score (nSPS) is 13.0. The molecule has 1 aromatic heterocycles. The molecule has 0 fully saturated rings. The van der Waals surface area contributed by atoms with E-state index in [9.17, 15) is 0 Å². The summed E-state index contributed by atoms with van der Waals surface area (Å²) in [6.45, 7) is 6.70. The van der Waals surface area contributed by atoms with Gasteiger partial charge < -0.3 is 5.32 Å². The molecule has 1 N–H and O–H groups in total. The standard InChI is InChI=1S/C17H20BrClN2/c1-12(21-15-9-14(18)11-20-16(15)19)10-17(2,3)13-7-5-4-6-8-13/h4-9,11-12,21H,10H2,1-3H3. The van der Waals surface area contributed by atoms with Crippen LogP contribution in [0.3, 0.4) is 0 Å². The molecule has 4 heteroatoms. The fraction of sp³-hybridized carbons (Fsp3) is 0.353. The number of hydrogen-bond acceptors (Lipinski definition) is 2. The van der Waals surface area contributed by atoms with Gasteiger partial charge in [-0.25, -0.2) is 4.98 Å². The summed E-state index contributed by atoms with van der Waals surface area (Å²) in [7, 11) is 0. The first-order chi connectivity index (χ1) is 9.88. The third-order valence-corrected chi connectivity index (χ3v) is 4.31. The molecular formula is C17H20BrClN2. The minimum atomic E-state index is 0.0968. The van der Waals surface area contributed by atoms with E-state index in [2.05, 4.69) is 71.3 Å². The molecule has 0 amide bonds. The monoisotopic (exact) mass is 366 g/mol. The highest BCUT2D eigenvalue weighted by Gasteiger charge is 2.23. The minimum absolute atomic E-state index is 0.0968. The van der Waals surface area contributed by atoms with Crippen molar-refractivity contribution in [3.63, 3.8) is 0 Å². The average Bonchev–Trinajstić information content (AvgIpc) is 2.43. The van der Waals surface area contributed by atoms with Gasteiger partial charge in [-0.2, -0.15) is 0 Å². The fourth-order valence-corrected chi connectivity index (χ4v) is 3.10. The summed E-state index contributed by atoms with van der Waals surface area (Å²) in [6.07, 6.45) is 2.70. The Balaban J connectivity index is 2.07. The van der Waals surface area contributed by atoms with Crippen LogP contribution < -0.4 is 5.32 Å². The molecule has 0 bridgehead atoms. The van der Waals surface area contributed by atoms with Gasteiger partial charge in [0, 0.05) is 16.7 Å². The molecule has 0 saturated carbocycles. The van der Waals surface area contributed by atoms with Crippen molar-refractivity contribution in [2.45, 2.75) is 38.6 Å². The van der Waals surface area contributed by atoms with Crippen LogP contribution in [0, 0.1) is 0 Å². The van der Waals surface area contributed by atoms with E-state index in [1.54, 1.807) is 6.20 Å². The van der Waals surface area contributed by atoms with Crippen molar-refractivity contribution in [3.8, 4) is 0 Å². The molecule has 1 aromatic carbocycles. The van der Waals surface area contributed by atoms with E-state index in [0.29, 0.717) is 5.15 Å².